The van der Waals surface area contributed by atoms with Crippen LogP contribution in [0.2, 0.25) is 0 Å². The van der Waals surface area contributed by atoms with Crippen LogP contribution in [0.3, 0.4) is 0 Å². The van der Waals surface area contributed by atoms with E-state index >= 15 is 0 Å². The number of rotatable bonds is 5. The topological polar surface area (TPSA) is 17.8 Å². The minimum Gasteiger partial charge on any atom is -0.276 e. The SMILES string of the molecule is CCC(CC)(CBr)Cc1cnn(C)c1. The maximum absolute atomic E-state index is 4.21. The zero-order valence-electron chi connectivity index (χ0n) is 9.26. The number of alkyl halides is 1. The van der Waals surface area contributed by atoms with E-state index in [-0.39, 0.29) is 0 Å². The largest absolute Gasteiger partial charge is 0.276 e. The van der Waals surface area contributed by atoms with Gasteiger partial charge in [0.2, 0.25) is 0 Å². The zero-order valence-corrected chi connectivity index (χ0v) is 10.8. The van der Waals surface area contributed by atoms with Gasteiger partial charge in [-0.15, -0.1) is 0 Å². The van der Waals surface area contributed by atoms with Crippen LogP contribution in [0.5, 0.6) is 0 Å². The molecule has 80 valence electrons. The molecule has 14 heavy (non-hydrogen) atoms. The highest BCUT2D eigenvalue weighted by Crippen LogP contribution is 2.32. The summed E-state index contributed by atoms with van der Waals surface area (Å²) in [6, 6.07) is 0. The molecule has 0 spiro atoms. The number of hydrogen-bond donors (Lipinski definition) is 0. The summed E-state index contributed by atoms with van der Waals surface area (Å²) in [6.45, 7) is 4.53. The third kappa shape index (κ3) is 2.59. The van der Waals surface area contributed by atoms with Crippen molar-refractivity contribution in [1.82, 2.24) is 9.78 Å². The normalized spacial score (nSPS) is 12.0. The Morgan fingerprint density at radius 3 is 2.43 bits per heavy atom. The van der Waals surface area contributed by atoms with E-state index in [0.717, 1.165) is 11.8 Å². The molecular formula is C11H19BrN2. The Hall–Kier alpha value is -0.310. The fourth-order valence-electron chi connectivity index (χ4n) is 1.73. The number of aryl methyl sites for hydroxylation is 1. The fourth-order valence-corrected chi connectivity index (χ4v) is 2.72. The predicted molar refractivity (Wildman–Crippen MR) is 63.7 cm³/mol. The van der Waals surface area contributed by atoms with E-state index in [1.807, 2.05) is 17.9 Å². The van der Waals surface area contributed by atoms with Crippen molar-refractivity contribution in [2.75, 3.05) is 5.33 Å². The van der Waals surface area contributed by atoms with E-state index in [9.17, 15) is 0 Å². The molecule has 0 bridgehead atoms. The van der Waals surface area contributed by atoms with E-state index in [0.29, 0.717) is 5.41 Å². The lowest BCUT2D eigenvalue weighted by atomic mass is 9.79. The van der Waals surface area contributed by atoms with Gasteiger partial charge in [0.1, 0.15) is 0 Å². The smallest absolute Gasteiger partial charge is 0.0521 e. The molecule has 1 rings (SSSR count). The first-order valence-electron chi connectivity index (χ1n) is 5.19. The molecular weight excluding hydrogens is 240 g/mol. The molecule has 0 N–H and O–H groups in total. The van der Waals surface area contributed by atoms with Crippen LogP contribution < -0.4 is 0 Å². The molecule has 0 aliphatic heterocycles. The molecule has 0 fully saturated rings. The molecule has 0 aromatic carbocycles. The summed E-state index contributed by atoms with van der Waals surface area (Å²) in [4.78, 5) is 0. The summed E-state index contributed by atoms with van der Waals surface area (Å²) in [7, 11) is 1.97. The first-order chi connectivity index (χ1) is 6.65. The molecule has 1 heterocycles. The Kier molecular flexibility index (Phi) is 4.17. The lowest BCUT2D eigenvalue weighted by molar-refractivity contribution is 0.307. The summed E-state index contributed by atoms with van der Waals surface area (Å²) in [5, 5.41) is 5.28. The van der Waals surface area contributed by atoms with Crippen molar-refractivity contribution in [3.05, 3.63) is 18.0 Å². The Labute approximate surface area is 94.8 Å². The molecule has 0 saturated heterocycles. The van der Waals surface area contributed by atoms with Gasteiger partial charge in [-0.1, -0.05) is 29.8 Å². The highest BCUT2D eigenvalue weighted by molar-refractivity contribution is 9.09. The van der Waals surface area contributed by atoms with Crippen LogP contribution in [0.15, 0.2) is 12.4 Å². The lowest BCUT2D eigenvalue weighted by Crippen LogP contribution is -2.23. The quantitative estimate of drug-likeness (QED) is 0.743. The molecule has 0 atom stereocenters. The number of aromatic nitrogens is 2. The van der Waals surface area contributed by atoms with Gasteiger partial charge in [0.05, 0.1) is 6.20 Å². The summed E-state index contributed by atoms with van der Waals surface area (Å²) in [6.07, 6.45) is 7.64. The maximum Gasteiger partial charge on any atom is 0.0521 e. The summed E-state index contributed by atoms with van der Waals surface area (Å²) in [5.74, 6) is 0. The van der Waals surface area contributed by atoms with Crippen molar-refractivity contribution in [2.24, 2.45) is 12.5 Å². The third-order valence-electron chi connectivity index (χ3n) is 3.12. The van der Waals surface area contributed by atoms with Gasteiger partial charge in [-0.3, -0.25) is 4.68 Å². The van der Waals surface area contributed by atoms with E-state index < -0.39 is 0 Å². The van der Waals surface area contributed by atoms with Crippen LogP contribution in [-0.4, -0.2) is 15.1 Å². The van der Waals surface area contributed by atoms with Gasteiger partial charge in [-0.2, -0.15) is 5.10 Å². The van der Waals surface area contributed by atoms with E-state index in [1.165, 1.54) is 18.4 Å². The second-order valence-electron chi connectivity index (χ2n) is 4.04. The molecule has 0 unspecified atom stereocenters. The van der Waals surface area contributed by atoms with Crippen LogP contribution in [-0.2, 0) is 13.5 Å². The van der Waals surface area contributed by atoms with Gasteiger partial charge in [0.15, 0.2) is 0 Å². The molecule has 1 aromatic heterocycles. The van der Waals surface area contributed by atoms with Crippen LogP contribution in [0, 0.1) is 5.41 Å². The Bertz CT molecular complexity index is 268. The third-order valence-corrected chi connectivity index (χ3v) is 4.31. The van der Waals surface area contributed by atoms with Crippen molar-refractivity contribution in [2.45, 2.75) is 33.1 Å². The summed E-state index contributed by atoms with van der Waals surface area (Å²) in [5.41, 5.74) is 1.75. The van der Waals surface area contributed by atoms with Gasteiger partial charge >= 0.3 is 0 Å². The maximum atomic E-state index is 4.21. The lowest BCUT2D eigenvalue weighted by Gasteiger charge is -2.28. The van der Waals surface area contributed by atoms with Crippen LogP contribution in [0.25, 0.3) is 0 Å². The summed E-state index contributed by atoms with van der Waals surface area (Å²) < 4.78 is 1.87. The Morgan fingerprint density at radius 2 is 2.07 bits per heavy atom. The Morgan fingerprint density at radius 1 is 1.43 bits per heavy atom. The average molecular weight is 259 g/mol. The first-order valence-corrected chi connectivity index (χ1v) is 6.31. The summed E-state index contributed by atoms with van der Waals surface area (Å²) >= 11 is 3.63. The van der Waals surface area contributed by atoms with Crippen LogP contribution >= 0.6 is 15.9 Å². The second-order valence-corrected chi connectivity index (χ2v) is 4.60. The molecule has 2 nitrogen and oxygen atoms in total. The van der Waals surface area contributed by atoms with Crippen LogP contribution in [0.1, 0.15) is 32.3 Å². The first kappa shape index (κ1) is 11.8. The molecule has 1 aromatic rings. The molecule has 0 radical (unpaired) electrons. The van der Waals surface area contributed by atoms with Gasteiger partial charge in [-0.05, 0) is 30.2 Å². The highest BCUT2D eigenvalue weighted by atomic mass is 79.9. The molecule has 3 heteroatoms. The van der Waals surface area contributed by atoms with Gasteiger partial charge in [-0.25, -0.2) is 0 Å². The number of halogens is 1. The van der Waals surface area contributed by atoms with Crippen LogP contribution in [0.4, 0.5) is 0 Å². The van der Waals surface area contributed by atoms with Crippen molar-refractivity contribution in [3.63, 3.8) is 0 Å². The Balaban J connectivity index is 2.73. The zero-order chi connectivity index (χ0) is 10.6. The molecule has 0 aliphatic rings. The average Bonchev–Trinajstić information content (AvgIpc) is 2.61. The predicted octanol–water partition coefficient (Wildman–Crippen LogP) is 3.16. The van der Waals surface area contributed by atoms with Gasteiger partial charge in [0, 0.05) is 18.6 Å². The van der Waals surface area contributed by atoms with E-state index in [2.05, 4.69) is 41.1 Å². The van der Waals surface area contributed by atoms with E-state index in [4.69, 9.17) is 0 Å². The highest BCUT2D eigenvalue weighted by Gasteiger charge is 2.25. The van der Waals surface area contributed by atoms with E-state index in [1.54, 1.807) is 0 Å². The standard InChI is InChI=1S/C11H19BrN2/c1-4-11(5-2,9-12)6-10-7-13-14(3)8-10/h7-8H,4-6,9H2,1-3H3. The second kappa shape index (κ2) is 4.96. The molecule has 0 saturated carbocycles. The van der Waals surface area contributed by atoms with Crippen molar-refractivity contribution >= 4 is 15.9 Å². The monoisotopic (exact) mass is 258 g/mol. The van der Waals surface area contributed by atoms with Crippen molar-refractivity contribution in [3.8, 4) is 0 Å². The van der Waals surface area contributed by atoms with Gasteiger partial charge < -0.3 is 0 Å². The van der Waals surface area contributed by atoms with Gasteiger partial charge in [0.25, 0.3) is 0 Å². The van der Waals surface area contributed by atoms with Crippen molar-refractivity contribution in [1.29, 1.82) is 0 Å². The number of nitrogens with zero attached hydrogens (tertiary/aromatic N) is 2. The fraction of sp³-hybridized carbons (Fsp3) is 0.727. The molecule has 0 aliphatic carbocycles. The minimum atomic E-state index is 0.406. The minimum absolute atomic E-state index is 0.406. The molecule has 0 amide bonds. The number of hydrogen-bond acceptors (Lipinski definition) is 1. The van der Waals surface area contributed by atoms with Crippen molar-refractivity contribution < 1.29 is 0 Å².